The van der Waals surface area contributed by atoms with E-state index in [2.05, 4.69) is 31.2 Å². The van der Waals surface area contributed by atoms with Gasteiger partial charge in [-0.15, -0.1) is 0 Å². The number of aliphatic hydroxyl groups is 1. The molecule has 1 N–H and O–H groups in total. The molecule has 3 rings (SSSR count). The maximum atomic E-state index is 10.6. The van der Waals surface area contributed by atoms with Gasteiger partial charge in [0.1, 0.15) is 0 Å². The summed E-state index contributed by atoms with van der Waals surface area (Å²) in [5.41, 5.74) is 2.99. The first-order valence-corrected chi connectivity index (χ1v) is 8.53. The molecule has 0 spiro atoms. The van der Waals surface area contributed by atoms with Crippen LogP contribution in [0.15, 0.2) is 24.3 Å². The number of aliphatic hydroxyl groups excluding tert-OH is 1. The monoisotopic (exact) mass is 272 g/mol. The van der Waals surface area contributed by atoms with Gasteiger partial charge in [0, 0.05) is 0 Å². The highest BCUT2D eigenvalue weighted by molar-refractivity contribution is 5.39. The molecule has 0 bridgehead atoms. The Morgan fingerprint density at radius 3 is 2.60 bits per heavy atom. The highest BCUT2D eigenvalue weighted by Gasteiger charge is 2.32. The summed E-state index contributed by atoms with van der Waals surface area (Å²) in [6, 6.07) is 8.73. The van der Waals surface area contributed by atoms with Crippen LogP contribution in [0.3, 0.4) is 0 Å². The first-order chi connectivity index (χ1) is 9.78. The molecule has 2 atom stereocenters. The third-order valence-electron chi connectivity index (χ3n) is 5.62. The third kappa shape index (κ3) is 2.93. The van der Waals surface area contributed by atoms with Gasteiger partial charge in [0.2, 0.25) is 0 Å². The summed E-state index contributed by atoms with van der Waals surface area (Å²) in [4.78, 5) is 0. The second kappa shape index (κ2) is 6.30. The zero-order valence-corrected chi connectivity index (χ0v) is 12.7. The predicted molar refractivity (Wildman–Crippen MR) is 83.9 cm³/mol. The van der Waals surface area contributed by atoms with Crippen LogP contribution in [-0.2, 0) is 6.42 Å². The van der Waals surface area contributed by atoms with E-state index in [1.165, 1.54) is 56.1 Å². The smallest absolute Gasteiger partial charge is 0.0574 e. The number of benzene rings is 1. The zero-order chi connectivity index (χ0) is 13.9. The van der Waals surface area contributed by atoms with Crippen LogP contribution in [-0.4, -0.2) is 11.2 Å². The van der Waals surface area contributed by atoms with Crippen molar-refractivity contribution in [2.75, 3.05) is 0 Å². The van der Waals surface area contributed by atoms with E-state index in [0.29, 0.717) is 11.8 Å². The number of rotatable bonds is 5. The van der Waals surface area contributed by atoms with Gasteiger partial charge in [-0.1, -0.05) is 56.9 Å². The van der Waals surface area contributed by atoms with Crippen LogP contribution in [0, 0.1) is 11.8 Å². The Kier molecular flexibility index (Phi) is 4.45. The Morgan fingerprint density at radius 1 is 1.15 bits per heavy atom. The van der Waals surface area contributed by atoms with Crippen molar-refractivity contribution in [3.8, 4) is 0 Å². The zero-order valence-electron chi connectivity index (χ0n) is 12.7. The molecule has 0 heterocycles. The Morgan fingerprint density at radius 2 is 1.90 bits per heavy atom. The molecule has 0 aromatic heterocycles. The van der Waals surface area contributed by atoms with Crippen LogP contribution in [0.25, 0.3) is 0 Å². The fraction of sp³-hybridized carbons (Fsp3) is 0.684. The largest absolute Gasteiger partial charge is 0.393 e. The number of fused-ring (bicyclic) bond motifs is 1. The minimum atomic E-state index is -0.0732. The minimum Gasteiger partial charge on any atom is -0.393 e. The van der Waals surface area contributed by atoms with Crippen molar-refractivity contribution in [1.29, 1.82) is 0 Å². The molecular formula is C19H28O. The molecule has 1 heteroatoms. The van der Waals surface area contributed by atoms with Crippen LogP contribution < -0.4 is 0 Å². The normalized spacial score (nSPS) is 30.4. The quantitative estimate of drug-likeness (QED) is 0.825. The van der Waals surface area contributed by atoms with Crippen LogP contribution >= 0.6 is 0 Å². The van der Waals surface area contributed by atoms with E-state index in [1.54, 1.807) is 0 Å². The van der Waals surface area contributed by atoms with Crippen LogP contribution in [0.1, 0.15) is 68.9 Å². The van der Waals surface area contributed by atoms with Crippen molar-refractivity contribution in [2.45, 2.75) is 70.3 Å². The minimum absolute atomic E-state index is 0.0732. The van der Waals surface area contributed by atoms with E-state index in [4.69, 9.17) is 0 Å². The van der Waals surface area contributed by atoms with Gasteiger partial charge in [-0.25, -0.2) is 0 Å². The van der Waals surface area contributed by atoms with E-state index < -0.39 is 0 Å². The van der Waals surface area contributed by atoms with Gasteiger partial charge >= 0.3 is 0 Å². The summed E-state index contributed by atoms with van der Waals surface area (Å²) >= 11 is 0. The number of hydrogen-bond acceptors (Lipinski definition) is 1. The first kappa shape index (κ1) is 14.1. The van der Waals surface area contributed by atoms with Gasteiger partial charge in [-0.2, -0.15) is 0 Å². The summed E-state index contributed by atoms with van der Waals surface area (Å²) in [7, 11) is 0. The summed E-state index contributed by atoms with van der Waals surface area (Å²) in [5.74, 6) is 2.12. The van der Waals surface area contributed by atoms with E-state index in [9.17, 15) is 5.11 Å². The highest BCUT2D eigenvalue weighted by Crippen LogP contribution is 2.41. The standard InChI is InChI=1S/C19H28O/c1-2-5-14-8-10-15(11-9-14)19(20)13-17-12-16-6-3-4-7-18(16)17/h3-4,6-7,14-15,17,19-20H,2,5,8-13H2,1H3. The summed E-state index contributed by atoms with van der Waals surface area (Å²) < 4.78 is 0. The lowest BCUT2D eigenvalue weighted by molar-refractivity contribution is 0.0580. The molecule has 0 radical (unpaired) electrons. The van der Waals surface area contributed by atoms with Gasteiger partial charge in [0.15, 0.2) is 0 Å². The average Bonchev–Trinajstić information content (AvgIpc) is 2.46. The van der Waals surface area contributed by atoms with Crippen molar-refractivity contribution in [3.05, 3.63) is 35.4 Å². The van der Waals surface area contributed by atoms with Crippen molar-refractivity contribution in [3.63, 3.8) is 0 Å². The number of hydrogen-bond donors (Lipinski definition) is 1. The fourth-order valence-electron chi connectivity index (χ4n) is 4.33. The van der Waals surface area contributed by atoms with Gasteiger partial charge in [-0.3, -0.25) is 0 Å². The van der Waals surface area contributed by atoms with Crippen molar-refractivity contribution in [1.82, 2.24) is 0 Å². The average molecular weight is 272 g/mol. The molecular weight excluding hydrogens is 244 g/mol. The third-order valence-corrected chi connectivity index (χ3v) is 5.62. The van der Waals surface area contributed by atoms with Crippen molar-refractivity contribution < 1.29 is 5.11 Å². The molecule has 1 saturated carbocycles. The topological polar surface area (TPSA) is 20.2 Å². The maximum absolute atomic E-state index is 10.6. The maximum Gasteiger partial charge on any atom is 0.0574 e. The summed E-state index contributed by atoms with van der Waals surface area (Å²) in [6.45, 7) is 2.29. The molecule has 2 aliphatic carbocycles. The summed E-state index contributed by atoms with van der Waals surface area (Å²) in [5, 5.41) is 10.6. The van der Waals surface area contributed by atoms with Crippen molar-refractivity contribution >= 4 is 0 Å². The SMILES string of the molecule is CCCC1CCC(C(O)CC2Cc3ccccc32)CC1. The molecule has 1 nitrogen and oxygen atoms in total. The van der Waals surface area contributed by atoms with E-state index >= 15 is 0 Å². The van der Waals surface area contributed by atoms with Gasteiger partial charge in [0.25, 0.3) is 0 Å². The van der Waals surface area contributed by atoms with Crippen LogP contribution in [0.4, 0.5) is 0 Å². The fourth-order valence-corrected chi connectivity index (χ4v) is 4.33. The summed E-state index contributed by atoms with van der Waals surface area (Å²) in [6.07, 6.45) is 9.98. The highest BCUT2D eigenvalue weighted by atomic mass is 16.3. The second-order valence-electron chi connectivity index (χ2n) is 6.97. The Hall–Kier alpha value is -0.820. The molecule has 110 valence electrons. The molecule has 20 heavy (non-hydrogen) atoms. The van der Waals surface area contributed by atoms with Gasteiger partial charge < -0.3 is 5.11 Å². The van der Waals surface area contributed by atoms with Crippen molar-refractivity contribution in [2.24, 2.45) is 11.8 Å². The first-order valence-electron chi connectivity index (χ1n) is 8.53. The van der Waals surface area contributed by atoms with Gasteiger partial charge in [-0.05, 0) is 54.6 Å². The Bertz CT molecular complexity index is 431. The molecule has 0 saturated heterocycles. The lowest BCUT2D eigenvalue weighted by Crippen LogP contribution is -2.30. The Labute approximate surface area is 123 Å². The molecule has 1 aromatic carbocycles. The van der Waals surface area contributed by atoms with Crippen LogP contribution in [0.2, 0.25) is 0 Å². The van der Waals surface area contributed by atoms with Crippen LogP contribution in [0.5, 0.6) is 0 Å². The molecule has 2 aliphatic rings. The lowest BCUT2D eigenvalue weighted by atomic mass is 9.71. The molecule has 0 aliphatic heterocycles. The molecule has 1 fully saturated rings. The van der Waals surface area contributed by atoms with Gasteiger partial charge in [0.05, 0.1) is 6.10 Å². The van der Waals surface area contributed by atoms with E-state index in [1.807, 2.05) is 0 Å². The second-order valence-corrected chi connectivity index (χ2v) is 6.97. The Balaban J connectivity index is 1.48. The molecule has 1 aromatic rings. The predicted octanol–water partition coefficient (Wildman–Crippen LogP) is 4.68. The molecule has 2 unspecified atom stereocenters. The van der Waals surface area contributed by atoms with E-state index in [-0.39, 0.29) is 6.10 Å². The lowest BCUT2D eigenvalue weighted by Gasteiger charge is -2.36. The molecule has 0 amide bonds. The van der Waals surface area contributed by atoms with E-state index in [0.717, 1.165) is 12.3 Å².